The molecule has 0 amide bonds. The Morgan fingerprint density at radius 3 is 2.79 bits per heavy atom. The molecule has 19 heavy (non-hydrogen) atoms. The normalized spacial score (nSPS) is 10.9. The maximum Gasteiger partial charge on any atom is 0.125 e. The molecule has 0 saturated carbocycles. The minimum Gasteiger partial charge on any atom is -0.313 e. The molecular formula is C14H17ClFN3. The molecule has 0 saturated heterocycles. The lowest BCUT2D eigenvalue weighted by Crippen LogP contribution is -2.14. The van der Waals surface area contributed by atoms with E-state index in [1.165, 1.54) is 12.1 Å². The van der Waals surface area contributed by atoms with Crippen molar-refractivity contribution in [3.05, 3.63) is 46.5 Å². The molecule has 0 bridgehead atoms. The topological polar surface area (TPSA) is 29.9 Å². The van der Waals surface area contributed by atoms with Gasteiger partial charge in [-0.1, -0.05) is 18.5 Å². The number of aromatic nitrogens is 2. The number of nitrogens with one attached hydrogen (secondary N) is 1. The lowest BCUT2D eigenvalue weighted by Gasteiger charge is -2.07. The Labute approximate surface area is 117 Å². The lowest BCUT2D eigenvalue weighted by atomic mass is 10.2. The number of nitrogens with zero attached hydrogens (tertiary/aromatic N) is 2. The van der Waals surface area contributed by atoms with Crippen molar-refractivity contribution >= 4 is 11.6 Å². The highest BCUT2D eigenvalue weighted by atomic mass is 35.5. The van der Waals surface area contributed by atoms with Crippen LogP contribution in [0.1, 0.15) is 24.6 Å². The molecule has 102 valence electrons. The number of halogens is 2. The van der Waals surface area contributed by atoms with E-state index >= 15 is 0 Å². The van der Waals surface area contributed by atoms with Crippen molar-refractivity contribution in [1.29, 1.82) is 0 Å². The Balaban J connectivity index is 2.25. The third kappa shape index (κ3) is 3.55. The summed E-state index contributed by atoms with van der Waals surface area (Å²) in [5.41, 5.74) is 2.31. The molecule has 0 aliphatic rings. The summed E-state index contributed by atoms with van der Waals surface area (Å²) in [5.74, 6) is -0.268. The molecule has 0 aliphatic carbocycles. The van der Waals surface area contributed by atoms with Crippen molar-refractivity contribution in [2.24, 2.45) is 0 Å². The van der Waals surface area contributed by atoms with Gasteiger partial charge in [-0.15, -0.1) is 0 Å². The van der Waals surface area contributed by atoms with Crippen LogP contribution in [0.15, 0.2) is 24.4 Å². The highest BCUT2D eigenvalue weighted by Gasteiger charge is 2.07. The summed E-state index contributed by atoms with van der Waals surface area (Å²) in [6.07, 6.45) is 2.74. The van der Waals surface area contributed by atoms with E-state index < -0.39 is 0 Å². The number of hydrogen-bond acceptors (Lipinski definition) is 2. The first kappa shape index (κ1) is 14.0. The summed E-state index contributed by atoms with van der Waals surface area (Å²) >= 11 is 5.97. The predicted molar refractivity (Wildman–Crippen MR) is 75.3 cm³/mol. The van der Waals surface area contributed by atoms with Gasteiger partial charge < -0.3 is 5.32 Å². The highest BCUT2D eigenvalue weighted by Crippen LogP contribution is 2.18. The molecule has 0 atom stereocenters. The van der Waals surface area contributed by atoms with Gasteiger partial charge in [0.1, 0.15) is 5.82 Å². The largest absolute Gasteiger partial charge is 0.313 e. The molecule has 0 spiro atoms. The first-order chi connectivity index (χ1) is 9.10. The van der Waals surface area contributed by atoms with Crippen molar-refractivity contribution < 1.29 is 4.39 Å². The smallest absolute Gasteiger partial charge is 0.125 e. The minimum absolute atomic E-state index is 0.268. The van der Waals surface area contributed by atoms with Crippen molar-refractivity contribution in [3.63, 3.8) is 0 Å². The summed E-state index contributed by atoms with van der Waals surface area (Å²) < 4.78 is 15.2. The van der Waals surface area contributed by atoms with Gasteiger partial charge in [-0.3, -0.25) is 0 Å². The fourth-order valence-electron chi connectivity index (χ4n) is 1.85. The lowest BCUT2D eigenvalue weighted by molar-refractivity contribution is 0.616. The first-order valence-electron chi connectivity index (χ1n) is 6.32. The molecule has 0 unspecified atom stereocenters. The van der Waals surface area contributed by atoms with Gasteiger partial charge in [-0.2, -0.15) is 5.10 Å². The van der Waals surface area contributed by atoms with Crippen molar-refractivity contribution in [2.45, 2.75) is 26.8 Å². The summed E-state index contributed by atoms with van der Waals surface area (Å²) in [6.45, 7) is 5.48. The van der Waals surface area contributed by atoms with Crippen LogP contribution >= 0.6 is 11.6 Å². The summed E-state index contributed by atoms with van der Waals surface area (Å²) in [7, 11) is 0. The first-order valence-corrected chi connectivity index (χ1v) is 6.70. The Morgan fingerprint density at radius 1 is 1.37 bits per heavy atom. The summed E-state index contributed by atoms with van der Waals surface area (Å²) in [4.78, 5) is 0. The quantitative estimate of drug-likeness (QED) is 0.851. The molecular weight excluding hydrogens is 265 g/mol. The van der Waals surface area contributed by atoms with Crippen LogP contribution in [-0.2, 0) is 6.54 Å². The average Bonchev–Trinajstić information content (AvgIpc) is 2.69. The SMILES string of the molecule is CCCNCc1cc(F)cc(-n2cc(Cl)c(C)n2)c1. The standard InChI is InChI=1S/C14H17ClFN3/c1-3-4-17-8-11-5-12(16)7-13(6-11)19-9-14(15)10(2)18-19/h5-7,9,17H,3-4,8H2,1-2H3. The van der Waals surface area contributed by atoms with Gasteiger partial charge in [0.15, 0.2) is 0 Å². The third-order valence-electron chi connectivity index (χ3n) is 2.80. The van der Waals surface area contributed by atoms with E-state index in [2.05, 4.69) is 17.3 Å². The molecule has 1 N–H and O–H groups in total. The number of hydrogen-bond donors (Lipinski definition) is 1. The second kappa shape index (κ2) is 6.17. The zero-order valence-corrected chi connectivity index (χ0v) is 11.8. The molecule has 0 radical (unpaired) electrons. The van der Waals surface area contributed by atoms with E-state index in [0.717, 1.165) is 24.2 Å². The van der Waals surface area contributed by atoms with E-state index in [4.69, 9.17) is 11.6 Å². The summed E-state index contributed by atoms with van der Waals surface area (Å²) in [6, 6.07) is 4.89. The molecule has 1 aromatic heterocycles. The van der Waals surface area contributed by atoms with Crippen molar-refractivity contribution in [2.75, 3.05) is 6.54 Å². The van der Waals surface area contributed by atoms with Gasteiger partial charge >= 0.3 is 0 Å². The van der Waals surface area contributed by atoms with Crippen LogP contribution in [0.4, 0.5) is 4.39 Å². The fourth-order valence-corrected chi connectivity index (χ4v) is 1.98. The van der Waals surface area contributed by atoms with Crippen molar-refractivity contribution in [1.82, 2.24) is 15.1 Å². The Hall–Kier alpha value is -1.39. The Morgan fingerprint density at radius 2 is 2.16 bits per heavy atom. The van der Waals surface area contributed by atoms with E-state index in [1.807, 2.05) is 13.0 Å². The Bertz CT molecular complexity index is 546. The molecule has 1 heterocycles. The van der Waals surface area contributed by atoms with E-state index in [1.54, 1.807) is 10.9 Å². The highest BCUT2D eigenvalue weighted by molar-refractivity contribution is 6.31. The van der Waals surface area contributed by atoms with Crippen LogP contribution in [0.2, 0.25) is 5.02 Å². The number of rotatable bonds is 5. The molecule has 2 aromatic rings. The molecule has 1 aromatic carbocycles. The molecule has 0 aliphatic heterocycles. The van der Waals surface area contributed by atoms with Crippen LogP contribution in [0.25, 0.3) is 5.69 Å². The van der Waals surface area contributed by atoms with Gasteiger partial charge in [0.2, 0.25) is 0 Å². The second-order valence-corrected chi connectivity index (χ2v) is 4.91. The fraction of sp³-hybridized carbons (Fsp3) is 0.357. The van der Waals surface area contributed by atoms with Crippen LogP contribution in [0.5, 0.6) is 0 Å². The molecule has 2 rings (SSSR count). The van der Waals surface area contributed by atoms with Gasteiger partial charge in [-0.05, 0) is 43.7 Å². The van der Waals surface area contributed by atoms with Crippen LogP contribution in [0.3, 0.4) is 0 Å². The van der Waals surface area contributed by atoms with E-state index in [-0.39, 0.29) is 5.82 Å². The number of benzene rings is 1. The molecule has 3 nitrogen and oxygen atoms in total. The summed E-state index contributed by atoms with van der Waals surface area (Å²) in [5, 5.41) is 8.09. The van der Waals surface area contributed by atoms with Gasteiger partial charge in [0, 0.05) is 12.7 Å². The molecule has 5 heteroatoms. The Kier molecular flexibility index (Phi) is 4.56. The number of aryl methyl sites for hydroxylation is 1. The minimum atomic E-state index is -0.268. The van der Waals surface area contributed by atoms with Crippen molar-refractivity contribution in [3.8, 4) is 5.69 Å². The predicted octanol–water partition coefficient (Wildman–Crippen LogP) is 3.47. The third-order valence-corrected chi connectivity index (χ3v) is 3.17. The maximum atomic E-state index is 13.6. The van der Waals surface area contributed by atoms with Gasteiger partial charge in [-0.25, -0.2) is 9.07 Å². The average molecular weight is 282 g/mol. The zero-order valence-electron chi connectivity index (χ0n) is 11.1. The van der Waals surface area contributed by atoms with E-state index in [9.17, 15) is 4.39 Å². The monoisotopic (exact) mass is 281 g/mol. The van der Waals surface area contributed by atoms with Crippen LogP contribution < -0.4 is 5.32 Å². The van der Waals surface area contributed by atoms with E-state index in [0.29, 0.717) is 17.3 Å². The molecule has 0 fully saturated rings. The second-order valence-electron chi connectivity index (χ2n) is 4.50. The maximum absolute atomic E-state index is 13.6. The zero-order chi connectivity index (χ0) is 13.8. The van der Waals surface area contributed by atoms with Gasteiger partial charge in [0.05, 0.1) is 16.4 Å². The van der Waals surface area contributed by atoms with Gasteiger partial charge in [0.25, 0.3) is 0 Å². The van der Waals surface area contributed by atoms with Crippen LogP contribution in [-0.4, -0.2) is 16.3 Å². The van der Waals surface area contributed by atoms with Crippen LogP contribution in [0, 0.1) is 12.7 Å².